The Balaban J connectivity index is 1.56. The van der Waals surface area contributed by atoms with Gasteiger partial charge in [-0.25, -0.2) is 4.98 Å². The average molecular weight is 347 g/mol. The molecule has 1 saturated heterocycles. The zero-order valence-electron chi connectivity index (χ0n) is 13.6. The molecule has 0 bridgehead atoms. The summed E-state index contributed by atoms with van der Waals surface area (Å²) < 4.78 is 0. The molecule has 1 fully saturated rings. The molecule has 1 aliphatic heterocycles. The Hall–Kier alpha value is -2.02. The van der Waals surface area contributed by atoms with Gasteiger partial charge in [0.1, 0.15) is 5.82 Å². The van der Waals surface area contributed by atoms with Gasteiger partial charge in [0.05, 0.1) is 28.0 Å². The fraction of sp³-hybridized carbons (Fsp3) is 0.471. The summed E-state index contributed by atoms with van der Waals surface area (Å²) in [5.74, 6) is -0.0360. The van der Waals surface area contributed by atoms with E-state index in [-0.39, 0.29) is 11.2 Å². The van der Waals surface area contributed by atoms with Crippen LogP contribution in [0.25, 0.3) is 11.0 Å². The van der Waals surface area contributed by atoms with Gasteiger partial charge in [-0.15, -0.1) is 11.8 Å². The number of carboxylic acids is 1. The third-order valence-electron chi connectivity index (χ3n) is 4.37. The number of carbonyl (C=O) groups is 2. The van der Waals surface area contributed by atoms with Crippen LogP contribution in [0.2, 0.25) is 0 Å². The van der Waals surface area contributed by atoms with E-state index in [0.717, 1.165) is 23.3 Å². The molecule has 0 spiro atoms. The van der Waals surface area contributed by atoms with Crippen molar-refractivity contribution in [2.75, 3.05) is 18.8 Å². The van der Waals surface area contributed by atoms with Crippen molar-refractivity contribution in [3.8, 4) is 0 Å². The van der Waals surface area contributed by atoms with E-state index in [1.807, 2.05) is 31.2 Å². The molecule has 2 atom stereocenters. The summed E-state index contributed by atoms with van der Waals surface area (Å²) in [6, 6.07) is 7.84. The summed E-state index contributed by atoms with van der Waals surface area (Å²) in [7, 11) is 0. The predicted octanol–water partition coefficient (Wildman–Crippen LogP) is 2.68. The second-order valence-electron chi connectivity index (χ2n) is 6.11. The van der Waals surface area contributed by atoms with Crippen LogP contribution in [0.3, 0.4) is 0 Å². The summed E-state index contributed by atoms with van der Waals surface area (Å²) in [6.07, 6.45) is 1.41. The number of imidazole rings is 1. The number of H-pyrrole nitrogens is 1. The van der Waals surface area contributed by atoms with E-state index in [4.69, 9.17) is 5.11 Å². The van der Waals surface area contributed by atoms with Gasteiger partial charge in [-0.3, -0.25) is 9.59 Å². The van der Waals surface area contributed by atoms with Crippen molar-refractivity contribution in [1.29, 1.82) is 0 Å². The number of benzene rings is 1. The van der Waals surface area contributed by atoms with Gasteiger partial charge in [-0.1, -0.05) is 12.1 Å². The molecule has 2 N–H and O–H groups in total. The van der Waals surface area contributed by atoms with Crippen LogP contribution < -0.4 is 0 Å². The van der Waals surface area contributed by atoms with E-state index in [1.165, 1.54) is 11.8 Å². The normalized spacial score (nSPS) is 19.4. The van der Waals surface area contributed by atoms with Crippen molar-refractivity contribution in [1.82, 2.24) is 14.9 Å². The lowest BCUT2D eigenvalue weighted by Crippen LogP contribution is -2.43. The number of aliphatic carboxylic acids is 1. The second kappa shape index (κ2) is 7.25. The van der Waals surface area contributed by atoms with Crippen molar-refractivity contribution in [3.63, 3.8) is 0 Å². The first kappa shape index (κ1) is 16.8. The van der Waals surface area contributed by atoms with E-state index in [2.05, 4.69) is 9.97 Å². The Morgan fingerprint density at radius 2 is 2.25 bits per heavy atom. The minimum Gasteiger partial charge on any atom is -0.481 e. The van der Waals surface area contributed by atoms with E-state index >= 15 is 0 Å². The largest absolute Gasteiger partial charge is 0.481 e. The maximum atomic E-state index is 12.4. The Morgan fingerprint density at radius 3 is 3.00 bits per heavy atom. The van der Waals surface area contributed by atoms with Crippen molar-refractivity contribution < 1.29 is 14.7 Å². The topological polar surface area (TPSA) is 86.3 Å². The molecule has 3 rings (SSSR count). The van der Waals surface area contributed by atoms with Crippen LogP contribution in [0.4, 0.5) is 0 Å². The van der Waals surface area contributed by atoms with Gasteiger partial charge in [-0.2, -0.15) is 0 Å². The van der Waals surface area contributed by atoms with Gasteiger partial charge >= 0.3 is 5.97 Å². The van der Waals surface area contributed by atoms with Crippen LogP contribution >= 0.6 is 11.8 Å². The van der Waals surface area contributed by atoms with Crippen LogP contribution in [0, 0.1) is 5.92 Å². The summed E-state index contributed by atoms with van der Waals surface area (Å²) in [5, 5.41) is 9.19. The highest BCUT2D eigenvalue weighted by Gasteiger charge is 2.28. The number of likely N-dealkylation sites (tertiary alicyclic amines) is 1. The average Bonchev–Trinajstić information content (AvgIpc) is 3.03. The van der Waals surface area contributed by atoms with Crippen molar-refractivity contribution >= 4 is 34.7 Å². The molecule has 1 aromatic carbocycles. The van der Waals surface area contributed by atoms with Crippen LogP contribution in [0.1, 0.15) is 30.8 Å². The molecule has 24 heavy (non-hydrogen) atoms. The Morgan fingerprint density at radius 1 is 1.46 bits per heavy atom. The number of carbonyl (C=O) groups excluding carboxylic acids is 1. The molecule has 2 unspecified atom stereocenters. The van der Waals surface area contributed by atoms with Crippen LogP contribution in [-0.4, -0.2) is 50.7 Å². The summed E-state index contributed by atoms with van der Waals surface area (Å²) in [4.78, 5) is 33.0. The van der Waals surface area contributed by atoms with Gasteiger partial charge in [-0.05, 0) is 31.9 Å². The number of nitrogens with one attached hydrogen (secondary N) is 1. The number of hydrogen-bond donors (Lipinski definition) is 2. The van der Waals surface area contributed by atoms with Crippen LogP contribution in [0.15, 0.2) is 24.3 Å². The summed E-state index contributed by atoms with van der Waals surface area (Å²) in [6.45, 7) is 3.00. The third-order valence-corrected chi connectivity index (χ3v) is 5.51. The lowest BCUT2D eigenvalue weighted by molar-refractivity contribution is -0.145. The molecule has 1 aliphatic rings. The number of rotatable bonds is 5. The first-order valence-electron chi connectivity index (χ1n) is 8.11. The van der Waals surface area contributed by atoms with Crippen molar-refractivity contribution in [3.05, 3.63) is 30.1 Å². The highest BCUT2D eigenvalue weighted by Crippen LogP contribution is 2.28. The number of aromatic amines is 1. The van der Waals surface area contributed by atoms with Crippen molar-refractivity contribution in [2.24, 2.45) is 5.92 Å². The molecule has 0 saturated carbocycles. The number of fused-ring (bicyclic) bond motifs is 1. The fourth-order valence-electron chi connectivity index (χ4n) is 2.94. The number of carboxylic acid groups (broad SMARTS) is 1. The van der Waals surface area contributed by atoms with Gasteiger partial charge in [0.2, 0.25) is 5.91 Å². The smallest absolute Gasteiger partial charge is 0.308 e. The quantitative estimate of drug-likeness (QED) is 0.868. The standard InChI is InChI=1S/C17H21N3O3S/c1-11(16-18-13-6-2-3-7-14(13)19-16)24-10-15(21)20-8-4-5-12(9-20)17(22)23/h2-3,6-7,11-12H,4-5,8-10H2,1H3,(H,18,19)(H,22,23). The van der Waals surface area contributed by atoms with E-state index in [0.29, 0.717) is 25.3 Å². The van der Waals surface area contributed by atoms with Crippen LogP contribution in [-0.2, 0) is 9.59 Å². The number of piperidine rings is 1. The monoisotopic (exact) mass is 347 g/mol. The van der Waals surface area contributed by atoms with Gasteiger partial charge in [0, 0.05) is 13.1 Å². The first-order valence-corrected chi connectivity index (χ1v) is 9.16. The van der Waals surface area contributed by atoms with Gasteiger partial charge in [0.25, 0.3) is 0 Å². The number of hydrogen-bond acceptors (Lipinski definition) is 4. The molecular formula is C17H21N3O3S. The lowest BCUT2D eigenvalue weighted by atomic mass is 9.98. The lowest BCUT2D eigenvalue weighted by Gasteiger charge is -2.30. The minimum absolute atomic E-state index is 0.00825. The highest BCUT2D eigenvalue weighted by atomic mass is 32.2. The Kier molecular flexibility index (Phi) is 5.08. The molecule has 7 heteroatoms. The zero-order valence-corrected chi connectivity index (χ0v) is 14.4. The minimum atomic E-state index is -0.809. The van der Waals surface area contributed by atoms with Crippen molar-refractivity contribution in [2.45, 2.75) is 25.0 Å². The molecule has 2 aromatic rings. The van der Waals surface area contributed by atoms with E-state index in [1.54, 1.807) is 4.90 Å². The number of thioether (sulfide) groups is 1. The third kappa shape index (κ3) is 3.72. The Bertz CT molecular complexity index is 713. The maximum Gasteiger partial charge on any atom is 0.308 e. The molecule has 128 valence electrons. The second-order valence-corrected chi connectivity index (χ2v) is 7.44. The number of amides is 1. The van der Waals surface area contributed by atoms with E-state index in [9.17, 15) is 9.59 Å². The molecule has 1 amide bonds. The van der Waals surface area contributed by atoms with Gasteiger partial charge in [0.15, 0.2) is 0 Å². The molecule has 0 radical (unpaired) electrons. The van der Waals surface area contributed by atoms with Crippen LogP contribution in [0.5, 0.6) is 0 Å². The highest BCUT2D eigenvalue weighted by molar-refractivity contribution is 8.00. The molecule has 2 heterocycles. The number of para-hydroxylation sites is 2. The zero-order chi connectivity index (χ0) is 17.1. The fourth-order valence-corrected chi connectivity index (χ4v) is 3.78. The number of aromatic nitrogens is 2. The van der Waals surface area contributed by atoms with Gasteiger partial charge < -0.3 is 15.0 Å². The number of nitrogens with zero attached hydrogens (tertiary/aromatic N) is 2. The molecule has 6 nitrogen and oxygen atoms in total. The molecular weight excluding hydrogens is 326 g/mol. The summed E-state index contributed by atoms with van der Waals surface area (Å²) >= 11 is 1.52. The van der Waals surface area contributed by atoms with E-state index < -0.39 is 11.9 Å². The summed E-state index contributed by atoms with van der Waals surface area (Å²) in [5.41, 5.74) is 1.92. The first-order chi connectivity index (χ1) is 11.5. The molecule has 0 aliphatic carbocycles. The maximum absolute atomic E-state index is 12.4. The molecule has 1 aromatic heterocycles. The predicted molar refractivity (Wildman–Crippen MR) is 93.9 cm³/mol. The Labute approximate surface area is 144 Å². The SMILES string of the molecule is CC(SCC(=O)N1CCCC(C(=O)O)C1)c1nc2ccccc2[nH]1.